The summed E-state index contributed by atoms with van der Waals surface area (Å²) in [6, 6.07) is 5.51. The van der Waals surface area contributed by atoms with Crippen LogP contribution in [0, 0.1) is 11.8 Å². The van der Waals surface area contributed by atoms with Gasteiger partial charge in [0.15, 0.2) is 0 Å². The molecule has 2 atom stereocenters. The summed E-state index contributed by atoms with van der Waals surface area (Å²) in [5.41, 5.74) is 8.47. The monoisotopic (exact) mass is 330 g/mol. The summed E-state index contributed by atoms with van der Waals surface area (Å²) in [7, 11) is 0. The van der Waals surface area contributed by atoms with Crippen molar-refractivity contribution in [2.45, 2.75) is 52.4 Å². The van der Waals surface area contributed by atoms with E-state index in [0.717, 1.165) is 49.1 Å². The molecule has 0 spiro atoms. The van der Waals surface area contributed by atoms with Crippen LogP contribution >= 0.6 is 0 Å². The fraction of sp³-hybridized carbons (Fsp3) is 0.550. The minimum atomic E-state index is -0.302. The maximum absolute atomic E-state index is 11.7. The molecule has 1 aliphatic rings. The van der Waals surface area contributed by atoms with Crippen molar-refractivity contribution in [3.8, 4) is 5.75 Å². The molecule has 2 unspecified atom stereocenters. The molecule has 0 radical (unpaired) electrons. The highest BCUT2D eigenvalue weighted by molar-refractivity contribution is 5.93. The van der Waals surface area contributed by atoms with Crippen LogP contribution in [-0.4, -0.2) is 17.6 Å². The summed E-state index contributed by atoms with van der Waals surface area (Å²) < 4.78 is 0. The van der Waals surface area contributed by atoms with Gasteiger partial charge < -0.3 is 16.2 Å². The molecular formula is C20H30N2O2. The lowest BCUT2D eigenvalue weighted by Gasteiger charge is -2.27. The zero-order chi connectivity index (χ0) is 17.7. The van der Waals surface area contributed by atoms with Crippen LogP contribution in [0.3, 0.4) is 0 Å². The van der Waals surface area contributed by atoms with E-state index in [1.165, 1.54) is 0 Å². The Kier molecular flexibility index (Phi) is 6.29. The van der Waals surface area contributed by atoms with Gasteiger partial charge in [-0.25, -0.2) is 0 Å². The number of nitrogens with two attached hydrogens (primary N) is 1. The van der Waals surface area contributed by atoms with Crippen molar-refractivity contribution in [3.63, 3.8) is 0 Å². The van der Waals surface area contributed by atoms with Crippen LogP contribution in [0.25, 0.3) is 0 Å². The summed E-state index contributed by atoms with van der Waals surface area (Å²) in [6.07, 6.45) is 5.86. The number of amides is 1. The number of benzene rings is 1. The third kappa shape index (κ3) is 4.31. The third-order valence-corrected chi connectivity index (χ3v) is 4.92. The molecule has 0 bridgehead atoms. The molecule has 24 heavy (non-hydrogen) atoms. The smallest absolute Gasteiger partial charge is 0.244 e. The van der Waals surface area contributed by atoms with Gasteiger partial charge >= 0.3 is 0 Å². The van der Waals surface area contributed by atoms with Gasteiger partial charge in [0.05, 0.1) is 0 Å². The van der Waals surface area contributed by atoms with E-state index in [-0.39, 0.29) is 23.5 Å². The maximum Gasteiger partial charge on any atom is 0.244 e. The summed E-state index contributed by atoms with van der Waals surface area (Å²) >= 11 is 0. The molecule has 1 aromatic rings. The summed E-state index contributed by atoms with van der Waals surface area (Å²) in [4.78, 5) is 11.7. The molecule has 4 nitrogen and oxygen atoms in total. The van der Waals surface area contributed by atoms with E-state index in [1.807, 2.05) is 12.1 Å². The predicted octanol–water partition coefficient (Wildman–Crippen LogP) is 4.17. The number of phenols is 1. The Morgan fingerprint density at radius 1 is 1.42 bits per heavy atom. The normalized spacial score (nSPS) is 18.5. The molecule has 1 amide bonds. The maximum atomic E-state index is 11.7. The van der Waals surface area contributed by atoms with Crippen molar-refractivity contribution < 1.29 is 9.90 Å². The quantitative estimate of drug-likeness (QED) is 0.670. The Bertz CT molecular complexity index is 608. The van der Waals surface area contributed by atoms with Crippen molar-refractivity contribution in [1.82, 2.24) is 0 Å². The standard InChI is InChI=1S/C20H30N2O2/c1-4-15(16-6-5-7-18(16)20(21)24)17-9-8-14(23)12-19(17)22-11-10-13(2)3/h7-9,12-13,15-16,22-23H,4-6,10-11H2,1-3H3,(H2,21,24). The lowest BCUT2D eigenvalue weighted by atomic mass is 9.79. The molecule has 132 valence electrons. The van der Waals surface area contributed by atoms with Gasteiger partial charge in [0.25, 0.3) is 0 Å². The summed E-state index contributed by atoms with van der Waals surface area (Å²) in [5, 5.41) is 13.4. The van der Waals surface area contributed by atoms with Crippen LogP contribution in [0.1, 0.15) is 57.9 Å². The highest BCUT2D eigenvalue weighted by atomic mass is 16.3. The topological polar surface area (TPSA) is 75.3 Å². The number of primary amides is 1. The molecule has 0 aliphatic heterocycles. The van der Waals surface area contributed by atoms with Gasteiger partial charge in [-0.3, -0.25) is 4.79 Å². The molecule has 0 fully saturated rings. The predicted molar refractivity (Wildman–Crippen MR) is 99.1 cm³/mol. The largest absolute Gasteiger partial charge is 0.508 e. The Morgan fingerprint density at radius 2 is 2.17 bits per heavy atom. The molecule has 1 aliphatic carbocycles. The highest BCUT2D eigenvalue weighted by Gasteiger charge is 2.32. The number of nitrogens with one attached hydrogen (secondary N) is 1. The first-order valence-electron chi connectivity index (χ1n) is 9.00. The highest BCUT2D eigenvalue weighted by Crippen LogP contribution is 2.43. The molecule has 1 aromatic carbocycles. The lowest BCUT2D eigenvalue weighted by Crippen LogP contribution is -2.23. The summed E-state index contributed by atoms with van der Waals surface area (Å²) in [6.45, 7) is 7.41. The molecule has 0 heterocycles. The number of allylic oxidation sites excluding steroid dienone is 1. The van der Waals surface area contributed by atoms with Crippen molar-refractivity contribution in [2.24, 2.45) is 17.6 Å². The Labute approximate surface area is 145 Å². The average molecular weight is 330 g/mol. The first-order chi connectivity index (χ1) is 11.4. The molecule has 4 heteroatoms. The van der Waals surface area contributed by atoms with Gasteiger partial charge in [0.1, 0.15) is 5.75 Å². The van der Waals surface area contributed by atoms with Crippen LogP contribution in [0.15, 0.2) is 29.8 Å². The first kappa shape index (κ1) is 18.4. The van der Waals surface area contributed by atoms with E-state index in [9.17, 15) is 9.90 Å². The van der Waals surface area contributed by atoms with Gasteiger partial charge in [-0.15, -0.1) is 0 Å². The molecule has 0 saturated carbocycles. The third-order valence-electron chi connectivity index (χ3n) is 4.92. The average Bonchev–Trinajstić information content (AvgIpc) is 2.99. The van der Waals surface area contributed by atoms with Crippen LogP contribution in [0.4, 0.5) is 5.69 Å². The second-order valence-electron chi connectivity index (χ2n) is 7.10. The van der Waals surface area contributed by atoms with Crippen LogP contribution in [0.5, 0.6) is 5.75 Å². The zero-order valence-corrected chi connectivity index (χ0v) is 15.0. The number of anilines is 1. The van der Waals surface area contributed by atoms with Gasteiger partial charge in [0, 0.05) is 23.9 Å². The zero-order valence-electron chi connectivity index (χ0n) is 15.0. The molecule has 4 N–H and O–H groups in total. The van der Waals surface area contributed by atoms with Gasteiger partial charge in [-0.1, -0.05) is 32.9 Å². The number of rotatable bonds is 8. The van der Waals surface area contributed by atoms with Crippen molar-refractivity contribution in [3.05, 3.63) is 35.4 Å². The SMILES string of the molecule is CCC(c1ccc(O)cc1NCCC(C)C)C1CCC=C1C(N)=O. The minimum Gasteiger partial charge on any atom is -0.508 e. The Morgan fingerprint density at radius 3 is 2.79 bits per heavy atom. The van der Waals surface area contributed by atoms with E-state index >= 15 is 0 Å². The van der Waals surface area contributed by atoms with E-state index < -0.39 is 0 Å². The van der Waals surface area contributed by atoms with Gasteiger partial charge in [0.2, 0.25) is 5.91 Å². The fourth-order valence-corrected chi connectivity index (χ4v) is 3.66. The number of carbonyl (C=O) groups is 1. The van der Waals surface area contributed by atoms with E-state index in [2.05, 4.69) is 26.1 Å². The van der Waals surface area contributed by atoms with E-state index in [1.54, 1.807) is 12.1 Å². The number of aromatic hydroxyl groups is 1. The van der Waals surface area contributed by atoms with Crippen LogP contribution < -0.4 is 11.1 Å². The second-order valence-corrected chi connectivity index (χ2v) is 7.10. The van der Waals surface area contributed by atoms with Gasteiger partial charge in [-0.05, 0) is 55.1 Å². The number of hydrogen-bond donors (Lipinski definition) is 3. The molecule has 2 rings (SSSR count). The minimum absolute atomic E-state index is 0.169. The van der Waals surface area contributed by atoms with Crippen LogP contribution in [-0.2, 0) is 4.79 Å². The van der Waals surface area contributed by atoms with Gasteiger partial charge in [-0.2, -0.15) is 0 Å². The Balaban J connectivity index is 2.27. The van der Waals surface area contributed by atoms with Crippen molar-refractivity contribution in [2.75, 3.05) is 11.9 Å². The van der Waals surface area contributed by atoms with Crippen LogP contribution in [0.2, 0.25) is 0 Å². The van der Waals surface area contributed by atoms with Crippen molar-refractivity contribution >= 4 is 11.6 Å². The van der Waals surface area contributed by atoms with Crippen molar-refractivity contribution in [1.29, 1.82) is 0 Å². The Hall–Kier alpha value is -1.97. The number of hydrogen-bond acceptors (Lipinski definition) is 3. The number of phenolic OH excluding ortho intramolecular Hbond substituents is 1. The molecule has 0 saturated heterocycles. The molecular weight excluding hydrogens is 300 g/mol. The first-order valence-corrected chi connectivity index (χ1v) is 9.00. The van der Waals surface area contributed by atoms with E-state index in [4.69, 9.17) is 5.73 Å². The lowest BCUT2D eigenvalue weighted by molar-refractivity contribution is -0.115. The molecule has 0 aromatic heterocycles. The fourth-order valence-electron chi connectivity index (χ4n) is 3.66. The van der Waals surface area contributed by atoms with E-state index in [0.29, 0.717) is 5.92 Å². The number of carbonyl (C=O) groups excluding carboxylic acids is 1. The second kappa shape index (κ2) is 8.22. The summed E-state index contributed by atoms with van der Waals surface area (Å²) in [5.74, 6) is 0.984.